The standard InChI is InChI=1S/C18H21N5O2/c1-2-10-24-16-9-4-3-6-13(16)17-22-23-18(25-17)19-11-15-12-7-5-8-14(12)20-21-15/h3-4,6,9H,2,5,7-8,10-11H2,1H3,(H,19,23)(H,20,21). The summed E-state index contributed by atoms with van der Waals surface area (Å²) < 4.78 is 11.5. The van der Waals surface area contributed by atoms with Crippen molar-refractivity contribution in [2.75, 3.05) is 11.9 Å². The molecule has 0 radical (unpaired) electrons. The lowest BCUT2D eigenvalue weighted by Gasteiger charge is -2.07. The molecule has 25 heavy (non-hydrogen) atoms. The van der Waals surface area contributed by atoms with E-state index in [-0.39, 0.29) is 0 Å². The number of aromatic nitrogens is 4. The van der Waals surface area contributed by atoms with Crippen molar-refractivity contribution in [1.82, 2.24) is 20.4 Å². The normalized spacial score (nSPS) is 13.0. The fourth-order valence-corrected chi connectivity index (χ4v) is 3.08. The molecule has 2 heterocycles. The molecule has 0 unspecified atom stereocenters. The lowest BCUT2D eigenvalue weighted by atomic mass is 10.2. The van der Waals surface area contributed by atoms with Gasteiger partial charge in [-0.2, -0.15) is 5.10 Å². The molecule has 1 aliphatic rings. The zero-order valence-corrected chi connectivity index (χ0v) is 14.2. The van der Waals surface area contributed by atoms with Crippen molar-refractivity contribution in [3.05, 3.63) is 41.2 Å². The van der Waals surface area contributed by atoms with E-state index in [1.54, 1.807) is 0 Å². The van der Waals surface area contributed by atoms with Crippen LogP contribution in [0, 0.1) is 0 Å². The van der Waals surface area contributed by atoms with Gasteiger partial charge in [0.2, 0.25) is 0 Å². The summed E-state index contributed by atoms with van der Waals surface area (Å²) in [5.41, 5.74) is 4.41. The molecule has 0 amide bonds. The largest absolute Gasteiger partial charge is 0.493 e. The first kappa shape index (κ1) is 15.7. The predicted molar refractivity (Wildman–Crippen MR) is 93.5 cm³/mol. The number of hydrogen-bond donors (Lipinski definition) is 2. The molecule has 2 aromatic heterocycles. The third-order valence-corrected chi connectivity index (χ3v) is 4.30. The number of anilines is 1. The molecule has 0 aliphatic heterocycles. The molecule has 3 aromatic rings. The van der Waals surface area contributed by atoms with E-state index >= 15 is 0 Å². The van der Waals surface area contributed by atoms with Crippen molar-refractivity contribution in [2.24, 2.45) is 0 Å². The molecule has 2 N–H and O–H groups in total. The number of nitrogens with zero attached hydrogens (tertiary/aromatic N) is 3. The van der Waals surface area contributed by atoms with E-state index in [9.17, 15) is 0 Å². The predicted octanol–water partition coefficient (Wildman–Crippen LogP) is 3.35. The Morgan fingerprint density at radius 1 is 1.24 bits per heavy atom. The number of H-pyrrole nitrogens is 1. The molecule has 0 fully saturated rings. The minimum atomic E-state index is 0.384. The summed E-state index contributed by atoms with van der Waals surface area (Å²) in [6.45, 7) is 3.30. The highest BCUT2D eigenvalue weighted by Gasteiger charge is 2.19. The van der Waals surface area contributed by atoms with Crippen LogP contribution in [0.3, 0.4) is 0 Å². The number of fused-ring (bicyclic) bond motifs is 1. The first-order chi connectivity index (χ1) is 12.3. The molecule has 1 aliphatic carbocycles. The maximum absolute atomic E-state index is 5.76. The van der Waals surface area contributed by atoms with Crippen molar-refractivity contribution in [2.45, 2.75) is 39.2 Å². The van der Waals surface area contributed by atoms with Crippen LogP contribution in [0.2, 0.25) is 0 Å². The number of aromatic amines is 1. The number of rotatable bonds is 7. The van der Waals surface area contributed by atoms with E-state index in [4.69, 9.17) is 9.15 Å². The van der Waals surface area contributed by atoms with Crippen LogP contribution in [-0.2, 0) is 19.4 Å². The summed E-state index contributed by atoms with van der Waals surface area (Å²) in [5.74, 6) is 1.20. The lowest BCUT2D eigenvalue weighted by Crippen LogP contribution is -2.02. The van der Waals surface area contributed by atoms with E-state index in [2.05, 4.69) is 32.6 Å². The number of para-hydroxylation sites is 1. The molecule has 130 valence electrons. The number of benzene rings is 1. The van der Waals surface area contributed by atoms with Crippen LogP contribution in [0.15, 0.2) is 28.7 Å². The first-order valence-corrected chi connectivity index (χ1v) is 8.69. The van der Waals surface area contributed by atoms with Crippen LogP contribution in [0.5, 0.6) is 5.75 Å². The van der Waals surface area contributed by atoms with E-state index in [1.165, 1.54) is 17.7 Å². The van der Waals surface area contributed by atoms with Gasteiger partial charge in [0, 0.05) is 5.69 Å². The van der Waals surface area contributed by atoms with Crippen molar-refractivity contribution >= 4 is 6.01 Å². The van der Waals surface area contributed by atoms with Crippen molar-refractivity contribution < 1.29 is 9.15 Å². The van der Waals surface area contributed by atoms with E-state index in [0.29, 0.717) is 25.1 Å². The molecular formula is C18H21N5O2. The summed E-state index contributed by atoms with van der Waals surface area (Å²) in [4.78, 5) is 0. The highest BCUT2D eigenvalue weighted by atomic mass is 16.5. The second-order valence-corrected chi connectivity index (χ2v) is 6.09. The minimum Gasteiger partial charge on any atom is -0.493 e. The molecular weight excluding hydrogens is 318 g/mol. The van der Waals surface area contributed by atoms with Crippen LogP contribution in [0.1, 0.15) is 36.7 Å². The number of nitrogens with one attached hydrogen (secondary N) is 2. The van der Waals surface area contributed by atoms with Gasteiger partial charge < -0.3 is 14.5 Å². The third-order valence-electron chi connectivity index (χ3n) is 4.30. The van der Waals surface area contributed by atoms with Gasteiger partial charge in [-0.1, -0.05) is 24.2 Å². The van der Waals surface area contributed by atoms with Crippen LogP contribution in [0.4, 0.5) is 6.01 Å². The van der Waals surface area contributed by atoms with Crippen molar-refractivity contribution in [3.8, 4) is 17.2 Å². The van der Waals surface area contributed by atoms with E-state index < -0.39 is 0 Å². The monoisotopic (exact) mass is 339 g/mol. The molecule has 0 spiro atoms. The van der Waals surface area contributed by atoms with Crippen molar-refractivity contribution in [3.63, 3.8) is 0 Å². The van der Waals surface area contributed by atoms with Crippen LogP contribution in [0.25, 0.3) is 11.5 Å². The molecule has 0 bridgehead atoms. The highest BCUT2D eigenvalue weighted by molar-refractivity contribution is 5.62. The minimum absolute atomic E-state index is 0.384. The summed E-state index contributed by atoms with van der Waals surface area (Å²) in [6.07, 6.45) is 4.30. The maximum atomic E-state index is 5.76. The zero-order chi connectivity index (χ0) is 17.1. The Hall–Kier alpha value is -2.83. The summed E-state index contributed by atoms with van der Waals surface area (Å²) in [7, 11) is 0. The Labute approximate surface area is 145 Å². The smallest absolute Gasteiger partial charge is 0.316 e. The Morgan fingerprint density at radius 2 is 2.16 bits per heavy atom. The lowest BCUT2D eigenvalue weighted by molar-refractivity contribution is 0.318. The van der Waals surface area contributed by atoms with Crippen LogP contribution >= 0.6 is 0 Å². The quantitative estimate of drug-likeness (QED) is 0.686. The molecule has 4 rings (SSSR count). The van der Waals surface area contributed by atoms with Crippen LogP contribution in [-0.4, -0.2) is 27.0 Å². The Kier molecular flexibility index (Phi) is 4.37. The van der Waals surface area contributed by atoms with Gasteiger partial charge >= 0.3 is 6.01 Å². The fourth-order valence-electron chi connectivity index (χ4n) is 3.08. The van der Waals surface area contributed by atoms with Gasteiger partial charge in [-0.3, -0.25) is 5.10 Å². The average molecular weight is 339 g/mol. The number of ether oxygens (including phenoxy) is 1. The Balaban J connectivity index is 1.47. The third kappa shape index (κ3) is 3.22. The summed E-state index contributed by atoms with van der Waals surface area (Å²) in [5, 5.41) is 18.9. The van der Waals surface area contributed by atoms with E-state index in [0.717, 1.165) is 36.3 Å². The SMILES string of the molecule is CCCOc1ccccc1-c1nnc(NCc2n[nH]c3c2CCC3)o1. The zero-order valence-electron chi connectivity index (χ0n) is 14.2. The highest BCUT2D eigenvalue weighted by Crippen LogP contribution is 2.30. The maximum Gasteiger partial charge on any atom is 0.316 e. The van der Waals surface area contributed by atoms with Gasteiger partial charge in [-0.25, -0.2) is 0 Å². The van der Waals surface area contributed by atoms with E-state index in [1.807, 2.05) is 24.3 Å². The molecule has 7 heteroatoms. The number of hydrogen-bond acceptors (Lipinski definition) is 6. The van der Waals surface area contributed by atoms with Gasteiger partial charge in [0.15, 0.2) is 0 Å². The van der Waals surface area contributed by atoms with Crippen molar-refractivity contribution in [1.29, 1.82) is 0 Å². The van der Waals surface area contributed by atoms with Gasteiger partial charge in [0.25, 0.3) is 5.89 Å². The molecule has 0 atom stereocenters. The topological polar surface area (TPSA) is 88.9 Å². The average Bonchev–Trinajstić information content (AvgIpc) is 3.35. The summed E-state index contributed by atoms with van der Waals surface area (Å²) in [6, 6.07) is 8.08. The second-order valence-electron chi connectivity index (χ2n) is 6.09. The van der Waals surface area contributed by atoms with Crippen LogP contribution < -0.4 is 10.1 Å². The van der Waals surface area contributed by atoms with Gasteiger partial charge in [-0.05, 0) is 43.4 Å². The fraction of sp³-hybridized carbons (Fsp3) is 0.389. The first-order valence-electron chi connectivity index (χ1n) is 8.69. The molecule has 7 nitrogen and oxygen atoms in total. The van der Waals surface area contributed by atoms with Gasteiger partial charge in [0.05, 0.1) is 24.4 Å². The molecule has 0 saturated heterocycles. The Bertz CT molecular complexity index is 855. The number of aryl methyl sites for hydroxylation is 1. The summed E-state index contributed by atoms with van der Waals surface area (Å²) >= 11 is 0. The second kappa shape index (κ2) is 6.96. The molecule has 0 saturated carbocycles. The molecule has 1 aromatic carbocycles. The Morgan fingerprint density at radius 3 is 3.08 bits per heavy atom. The van der Waals surface area contributed by atoms with Gasteiger partial charge in [-0.15, -0.1) is 5.10 Å². The van der Waals surface area contributed by atoms with Gasteiger partial charge in [0.1, 0.15) is 5.75 Å².